The van der Waals surface area contributed by atoms with Crippen LogP contribution in [0.5, 0.6) is 0 Å². The van der Waals surface area contributed by atoms with E-state index in [0.29, 0.717) is 5.92 Å². The van der Waals surface area contributed by atoms with E-state index in [0.717, 1.165) is 25.7 Å². The van der Waals surface area contributed by atoms with Gasteiger partial charge in [0.05, 0.1) is 5.54 Å². The summed E-state index contributed by atoms with van der Waals surface area (Å²) in [6, 6.07) is 0. The molecule has 0 bridgehead atoms. The number of amides is 1. The lowest BCUT2D eigenvalue weighted by Gasteiger charge is -2.41. The van der Waals surface area contributed by atoms with Gasteiger partial charge < -0.3 is 11.1 Å². The van der Waals surface area contributed by atoms with Gasteiger partial charge in [-0.1, -0.05) is 0 Å². The first-order valence-electron chi connectivity index (χ1n) is 5.56. The van der Waals surface area contributed by atoms with Gasteiger partial charge in [0.15, 0.2) is 0 Å². The number of carbonyl (C=O) groups excluding carboxylic acids is 1. The lowest BCUT2D eigenvalue weighted by molar-refractivity contribution is -0.129. The highest BCUT2D eigenvalue weighted by Gasteiger charge is 2.46. The fourth-order valence-corrected chi connectivity index (χ4v) is 2.11. The monoisotopic (exact) mass is 196 g/mol. The number of nitrogens with two attached hydrogens (primary N) is 1. The molecule has 2 saturated carbocycles. The second kappa shape index (κ2) is 2.96. The molecule has 0 aromatic carbocycles. The van der Waals surface area contributed by atoms with Crippen molar-refractivity contribution in [1.29, 1.82) is 0 Å². The Morgan fingerprint density at radius 1 is 1.50 bits per heavy atom. The van der Waals surface area contributed by atoms with Crippen molar-refractivity contribution in [3.8, 4) is 0 Å². The molecule has 3 nitrogen and oxygen atoms in total. The van der Waals surface area contributed by atoms with Crippen LogP contribution in [-0.4, -0.2) is 17.0 Å². The van der Waals surface area contributed by atoms with E-state index in [1.165, 1.54) is 6.42 Å². The average Bonchev–Trinajstić information content (AvgIpc) is 2.83. The van der Waals surface area contributed by atoms with E-state index in [-0.39, 0.29) is 11.4 Å². The fraction of sp³-hybridized carbons (Fsp3) is 0.909. The molecule has 3 N–H and O–H groups in total. The Morgan fingerprint density at radius 3 is 2.43 bits per heavy atom. The number of rotatable bonds is 3. The van der Waals surface area contributed by atoms with Gasteiger partial charge in [-0.05, 0) is 51.9 Å². The SMILES string of the molecule is CC1(NC(=O)C(C)(N)C2CC2)CCC1. The zero-order valence-corrected chi connectivity index (χ0v) is 9.10. The first kappa shape index (κ1) is 9.97. The van der Waals surface area contributed by atoms with Gasteiger partial charge in [-0.3, -0.25) is 4.79 Å². The Bertz CT molecular complexity index is 252. The molecule has 2 aliphatic rings. The van der Waals surface area contributed by atoms with Crippen LogP contribution in [0.25, 0.3) is 0 Å². The van der Waals surface area contributed by atoms with Crippen molar-refractivity contribution < 1.29 is 4.79 Å². The first-order valence-corrected chi connectivity index (χ1v) is 5.56. The zero-order valence-electron chi connectivity index (χ0n) is 9.10. The molecular weight excluding hydrogens is 176 g/mol. The molecule has 0 aromatic rings. The third-order valence-electron chi connectivity index (χ3n) is 3.79. The smallest absolute Gasteiger partial charge is 0.240 e. The maximum atomic E-state index is 11.9. The standard InChI is InChI=1S/C11H20N2O/c1-10(6-3-7-10)13-9(14)11(2,12)8-4-5-8/h8H,3-7,12H2,1-2H3,(H,13,14). The molecule has 2 fully saturated rings. The minimum Gasteiger partial charge on any atom is -0.349 e. The molecule has 1 atom stereocenters. The lowest BCUT2D eigenvalue weighted by atomic mass is 9.78. The van der Waals surface area contributed by atoms with Crippen LogP contribution in [0.2, 0.25) is 0 Å². The highest BCUT2D eigenvalue weighted by Crippen LogP contribution is 2.39. The third-order valence-corrected chi connectivity index (χ3v) is 3.79. The van der Waals surface area contributed by atoms with E-state index in [1.807, 2.05) is 6.92 Å². The molecule has 1 unspecified atom stereocenters. The summed E-state index contributed by atoms with van der Waals surface area (Å²) in [5.41, 5.74) is 5.43. The molecule has 0 radical (unpaired) electrons. The predicted octanol–water partition coefficient (Wildman–Crippen LogP) is 1.17. The number of carbonyl (C=O) groups is 1. The molecule has 0 saturated heterocycles. The van der Waals surface area contributed by atoms with Gasteiger partial charge in [0.25, 0.3) is 0 Å². The number of hydrogen-bond acceptors (Lipinski definition) is 2. The van der Waals surface area contributed by atoms with E-state index in [9.17, 15) is 4.79 Å². The molecule has 2 aliphatic carbocycles. The van der Waals surface area contributed by atoms with Crippen LogP contribution >= 0.6 is 0 Å². The Morgan fingerprint density at radius 2 is 2.07 bits per heavy atom. The van der Waals surface area contributed by atoms with Crippen LogP contribution in [0.1, 0.15) is 46.0 Å². The van der Waals surface area contributed by atoms with Crippen molar-refractivity contribution in [2.75, 3.05) is 0 Å². The minimum absolute atomic E-state index is 0.0343. The number of nitrogens with one attached hydrogen (secondary N) is 1. The first-order chi connectivity index (χ1) is 6.44. The second-order valence-corrected chi connectivity index (χ2v) is 5.43. The van der Waals surface area contributed by atoms with Crippen LogP contribution in [0.3, 0.4) is 0 Å². The highest BCUT2D eigenvalue weighted by molar-refractivity contribution is 5.87. The van der Waals surface area contributed by atoms with Gasteiger partial charge in [0, 0.05) is 5.54 Å². The molecule has 2 rings (SSSR count). The molecule has 0 spiro atoms. The van der Waals surface area contributed by atoms with Gasteiger partial charge >= 0.3 is 0 Å². The van der Waals surface area contributed by atoms with Gasteiger partial charge in [0.1, 0.15) is 0 Å². The summed E-state index contributed by atoms with van der Waals surface area (Å²) >= 11 is 0. The molecule has 0 aliphatic heterocycles. The number of hydrogen-bond donors (Lipinski definition) is 2. The largest absolute Gasteiger partial charge is 0.349 e. The molecule has 0 aromatic heterocycles. The van der Waals surface area contributed by atoms with Crippen LogP contribution < -0.4 is 11.1 Å². The van der Waals surface area contributed by atoms with Gasteiger partial charge in [0.2, 0.25) is 5.91 Å². The van der Waals surface area contributed by atoms with Crippen molar-refractivity contribution in [2.45, 2.75) is 57.0 Å². The second-order valence-electron chi connectivity index (χ2n) is 5.43. The van der Waals surface area contributed by atoms with Crippen LogP contribution in [-0.2, 0) is 4.79 Å². The van der Waals surface area contributed by atoms with E-state index in [2.05, 4.69) is 12.2 Å². The zero-order chi connectivity index (χ0) is 10.4. The summed E-state index contributed by atoms with van der Waals surface area (Å²) in [6.07, 6.45) is 5.63. The summed E-state index contributed by atoms with van der Waals surface area (Å²) in [4.78, 5) is 11.9. The molecular formula is C11H20N2O. The topological polar surface area (TPSA) is 55.1 Å². The van der Waals surface area contributed by atoms with Crippen LogP contribution in [0, 0.1) is 5.92 Å². The van der Waals surface area contributed by atoms with Crippen molar-refractivity contribution in [3.63, 3.8) is 0 Å². The molecule has 14 heavy (non-hydrogen) atoms. The van der Waals surface area contributed by atoms with Gasteiger partial charge in [-0.2, -0.15) is 0 Å². The Kier molecular flexibility index (Phi) is 2.11. The highest BCUT2D eigenvalue weighted by atomic mass is 16.2. The quantitative estimate of drug-likeness (QED) is 0.712. The molecule has 3 heteroatoms. The molecule has 0 heterocycles. The lowest BCUT2D eigenvalue weighted by Crippen LogP contribution is -2.61. The van der Waals surface area contributed by atoms with Crippen molar-refractivity contribution >= 4 is 5.91 Å². The summed E-state index contributed by atoms with van der Waals surface area (Å²) in [6.45, 7) is 3.97. The van der Waals surface area contributed by atoms with E-state index in [1.54, 1.807) is 0 Å². The summed E-state index contributed by atoms with van der Waals surface area (Å²) in [5.74, 6) is 0.452. The Hall–Kier alpha value is -0.570. The minimum atomic E-state index is -0.640. The summed E-state index contributed by atoms with van der Waals surface area (Å²) < 4.78 is 0. The van der Waals surface area contributed by atoms with Crippen molar-refractivity contribution in [2.24, 2.45) is 11.7 Å². The molecule has 80 valence electrons. The Labute approximate surface area is 85.4 Å². The maximum Gasteiger partial charge on any atom is 0.240 e. The van der Waals surface area contributed by atoms with E-state index in [4.69, 9.17) is 5.73 Å². The van der Waals surface area contributed by atoms with Crippen molar-refractivity contribution in [3.05, 3.63) is 0 Å². The predicted molar refractivity (Wildman–Crippen MR) is 55.7 cm³/mol. The summed E-state index contributed by atoms with van der Waals surface area (Å²) in [7, 11) is 0. The third kappa shape index (κ3) is 1.65. The van der Waals surface area contributed by atoms with Gasteiger partial charge in [-0.15, -0.1) is 0 Å². The van der Waals surface area contributed by atoms with Gasteiger partial charge in [-0.25, -0.2) is 0 Å². The van der Waals surface area contributed by atoms with Crippen molar-refractivity contribution in [1.82, 2.24) is 5.32 Å². The van der Waals surface area contributed by atoms with E-state index < -0.39 is 5.54 Å². The average molecular weight is 196 g/mol. The normalized spacial score (nSPS) is 28.8. The van der Waals surface area contributed by atoms with E-state index >= 15 is 0 Å². The Balaban J connectivity index is 1.94. The molecule has 1 amide bonds. The fourth-order valence-electron chi connectivity index (χ4n) is 2.11. The van der Waals surface area contributed by atoms with Crippen LogP contribution in [0.15, 0.2) is 0 Å². The maximum absolute atomic E-state index is 11.9. The van der Waals surface area contributed by atoms with Crippen LogP contribution in [0.4, 0.5) is 0 Å². The summed E-state index contributed by atoms with van der Waals surface area (Å²) in [5, 5.41) is 3.09.